The molecule has 7 heterocycles. The van der Waals surface area contributed by atoms with Crippen LogP contribution in [-0.4, -0.2) is 106 Å². The smallest absolute Gasteiger partial charge is 0.0889 e. The lowest BCUT2D eigenvalue weighted by molar-refractivity contribution is 0.185. The lowest BCUT2D eigenvalue weighted by Crippen LogP contribution is -2.54. The Balaban J connectivity index is 1.53. The van der Waals surface area contributed by atoms with Gasteiger partial charge in [-0.25, -0.2) is 0 Å². The van der Waals surface area contributed by atoms with E-state index in [4.69, 9.17) is 31.4 Å². The summed E-state index contributed by atoms with van der Waals surface area (Å²) in [7, 11) is 6.51. The first kappa shape index (κ1) is 30.4. The van der Waals surface area contributed by atoms with Gasteiger partial charge >= 0.3 is 0 Å². The van der Waals surface area contributed by atoms with Crippen molar-refractivity contribution in [3.05, 3.63) is 95.6 Å². The van der Waals surface area contributed by atoms with Gasteiger partial charge in [0.2, 0.25) is 0 Å². The monoisotopic (exact) mass is 591 g/mol. The van der Waals surface area contributed by atoms with Crippen molar-refractivity contribution in [3.8, 4) is 22.8 Å². The molecule has 0 aliphatic carbocycles. The van der Waals surface area contributed by atoms with Crippen molar-refractivity contribution in [3.63, 3.8) is 0 Å². The second kappa shape index (κ2) is 12.8. The zero-order valence-corrected chi connectivity index (χ0v) is 26.3. The molecule has 7 rings (SSSR count). The number of nitrogens with zero attached hydrogens (tertiary/aromatic N) is 7. The molecule has 0 unspecified atom stereocenters. The molecule has 230 valence electrons. The number of likely N-dealkylation sites (N-methyl/N-ethyl adjacent to an activating group) is 3. The zero-order chi connectivity index (χ0) is 30.7. The predicted octanol–water partition coefficient (Wildman–Crippen LogP) is 2.69. The molecule has 3 aliphatic rings. The van der Waals surface area contributed by atoms with Crippen molar-refractivity contribution >= 4 is 0 Å². The molecule has 0 fully saturated rings. The molecule has 0 saturated carbocycles. The SMILES string of the molecule is CN1CCN(C)CC2(N)Cc3cccc(n3)-c3cccc(n3)CC(N)(Cc3cccc(n3)-c3cccc(n3)C2)CN(C)CC1. The molecule has 44 heavy (non-hydrogen) atoms. The molecule has 9 nitrogen and oxygen atoms in total. The first-order valence-corrected chi connectivity index (χ1v) is 15.6. The van der Waals surface area contributed by atoms with Gasteiger partial charge in [-0.15, -0.1) is 0 Å². The summed E-state index contributed by atoms with van der Waals surface area (Å²) in [5, 5.41) is 0. The highest BCUT2D eigenvalue weighted by atomic mass is 15.2. The van der Waals surface area contributed by atoms with Crippen molar-refractivity contribution in [2.75, 3.05) is 60.4 Å². The van der Waals surface area contributed by atoms with Crippen molar-refractivity contribution in [1.29, 1.82) is 0 Å². The topological polar surface area (TPSA) is 113 Å². The molecule has 0 atom stereocenters. The van der Waals surface area contributed by atoms with E-state index < -0.39 is 11.1 Å². The Kier molecular flexibility index (Phi) is 8.84. The Morgan fingerprint density at radius 3 is 1.02 bits per heavy atom. The average Bonchev–Trinajstić information content (AvgIpc) is 2.98. The molecule has 0 aromatic carbocycles. The summed E-state index contributed by atoms with van der Waals surface area (Å²) in [5.41, 5.74) is 20.7. The van der Waals surface area contributed by atoms with E-state index in [-0.39, 0.29) is 0 Å². The number of nitrogens with two attached hydrogens (primary N) is 2. The molecular formula is C35H45N9. The maximum Gasteiger partial charge on any atom is 0.0889 e. The van der Waals surface area contributed by atoms with E-state index in [9.17, 15) is 0 Å². The first-order valence-electron chi connectivity index (χ1n) is 15.6. The summed E-state index contributed by atoms with van der Waals surface area (Å²) < 4.78 is 0. The van der Waals surface area contributed by atoms with Crippen LogP contribution in [0, 0.1) is 0 Å². The van der Waals surface area contributed by atoms with Crippen molar-refractivity contribution in [2.24, 2.45) is 11.5 Å². The Hall–Kier alpha value is -3.60. The van der Waals surface area contributed by atoms with Crippen LogP contribution in [0.3, 0.4) is 0 Å². The second-order valence-corrected chi connectivity index (χ2v) is 13.3. The fourth-order valence-corrected chi connectivity index (χ4v) is 6.70. The molecule has 10 bridgehead atoms. The van der Waals surface area contributed by atoms with Crippen LogP contribution in [0.25, 0.3) is 22.8 Å². The summed E-state index contributed by atoms with van der Waals surface area (Å²) in [4.78, 5) is 27.4. The molecule has 0 saturated heterocycles. The molecule has 0 spiro atoms. The van der Waals surface area contributed by atoms with E-state index in [0.717, 1.165) is 71.7 Å². The summed E-state index contributed by atoms with van der Waals surface area (Å²) >= 11 is 0. The number of hydrogen-bond acceptors (Lipinski definition) is 9. The third kappa shape index (κ3) is 7.54. The lowest BCUT2D eigenvalue weighted by Gasteiger charge is -2.35. The van der Waals surface area contributed by atoms with Gasteiger partial charge in [0.05, 0.1) is 22.8 Å². The average molecular weight is 592 g/mol. The van der Waals surface area contributed by atoms with Crippen LogP contribution < -0.4 is 11.5 Å². The third-order valence-corrected chi connectivity index (χ3v) is 8.78. The molecule has 4 aromatic heterocycles. The minimum Gasteiger partial charge on any atom is -0.323 e. The molecule has 3 aliphatic heterocycles. The molecular weight excluding hydrogens is 546 g/mol. The van der Waals surface area contributed by atoms with Crippen LogP contribution in [0.2, 0.25) is 0 Å². The van der Waals surface area contributed by atoms with Crippen LogP contribution in [0.1, 0.15) is 22.8 Å². The van der Waals surface area contributed by atoms with Crippen LogP contribution in [-0.2, 0) is 25.7 Å². The van der Waals surface area contributed by atoms with Gasteiger partial charge in [0.25, 0.3) is 0 Å². The molecule has 4 N–H and O–H groups in total. The van der Waals surface area contributed by atoms with E-state index in [1.807, 2.05) is 24.3 Å². The number of fused-ring (bicyclic) bond motifs is 8. The molecule has 0 radical (unpaired) electrons. The Morgan fingerprint density at radius 2 is 0.727 bits per heavy atom. The standard InChI is InChI=1S/C35H45N9/c1-42-16-18-43(2)24-34(36)20-26-8-4-12-30(38-26)32-14-6-10-28(40-32)22-35(37,25-44(3)19-17-42)23-29-11-7-15-33(41-29)31-13-5-9-27(21-34)39-31/h4-15H,16-25,36-37H2,1-3H3. The Morgan fingerprint density at radius 1 is 0.455 bits per heavy atom. The van der Waals surface area contributed by atoms with Gasteiger partial charge in [-0.3, -0.25) is 19.9 Å². The van der Waals surface area contributed by atoms with Gasteiger partial charge in [-0.2, -0.15) is 0 Å². The van der Waals surface area contributed by atoms with Gasteiger partial charge in [-0.05, 0) is 69.7 Å². The van der Waals surface area contributed by atoms with Crippen LogP contribution >= 0.6 is 0 Å². The fraction of sp³-hybridized carbons (Fsp3) is 0.429. The van der Waals surface area contributed by atoms with Crippen molar-refractivity contribution in [1.82, 2.24) is 34.6 Å². The first-order chi connectivity index (χ1) is 21.1. The normalized spacial score (nSPS) is 24.4. The molecule has 4 aromatic rings. The fourth-order valence-electron chi connectivity index (χ4n) is 6.70. The molecule has 9 heteroatoms. The minimum absolute atomic E-state index is 0.594. The van der Waals surface area contributed by atoms with Crippen LogP contribution in [0.15, 0.2) is 72.8 Å². The van der Waals surface area contributed by atoms with E-state index in [0.29, 0.717) is 38.8 Å². The maximum absolute atomic E-state index is 7.36. The minimum atomic E-state index is -0.594. The number of pyridine rings is 4. The predicted molar refractivity (Wildman–Crippen MR) is 176 cm³/mol. The summed E-state index contributed by atoms with van der Waals surface area (Å²) in [6.07, 6.45) is 2.43. The van der Waals surface area contributed by atoms with Crippen molar-refractivity contribution in [2.45, 2.75) is 36.8 Å². The Bertz CT molecular complexity index is 1380. The highest BCUT2D eigenvalue weighted by molar-refractivity contribution is 5.55. The van der Waals surface area contributed by atoms with Crippen LogP contribution in [0.5, 0.6) is 0 Å². The quantitative estimate of drug-likeness (QED) is 0.298. The highest BCUT2D eigenvalue weighted by Gasteiger charge is 2.31. The summed E-state index contributed by atoms with van der Waals surface area (Å²) in [5.74, 6) is 0. The van der Waals surface area contributed by atoms with Gasteiger partial charge in [0.1, 0.15) is 0 Å². The Labute approximate surface area is 261 Å². The van der Waals surface area contributed by atoms with Gasteiger partial charge in [0.15, 0.2) is 0 Å². The van der Waals surface area contributed by atoms with Gasteiger partial charge in [-0.1, -0.05) is 24.3 Å². The second-order valence-electron chi connectivity index (χ2n) is 13.3. The third-order valence-electron chi connectivity index (χ3n) is 8.78. The summed E-state index contributed by atoms with van der Waals surface area (Å²) in [6, 6.07) is 24.6. The molecule has 0 amide bonds. The van der Waals surface area contributed by atoms with Crippen LogP contribution in [0.4, 0.5) is 0 Å². The van der Waals surface area contributed by atoms with E-state index in [1.54, 1.807) is 0 Å². The number of hydrogen-bond donors (Lipinski definition) is 2. The lowest BCUT2D eigenvalue weighted by atomic mass is 9.87. The van der Waals surface area contributed by atoms with E-state index >= 15 is 0 Å². The van der Waals surface area contributed by atoms with Crippen molar-refractivity contribution < 1.29 is 0 Å². The maximum atomic E-state index is 7.36. The van der Waals surface area contributed by atoms with E-state index in [2.05, 4.69) is 84.4 Å². The van der Waals surface area contributed by atoms with Gasteiger partial charge in [0, 0.05) is 98.8 Å². The number of rotatable bonds is 0. The van der Waals surface area contributed by atoms with E-state index in [1.165, 1.54) is 0 Å². The summed E-state index contributed by atoms with van der Waals surface area (Å²) in [6.45, 7) is 5.12. The number of aromatic nitrogens is 4. The largest absolute Gasteiger partial charge is 0.323 e. The zero-order valence-electron chi connectivity index (χ0n) is 26.3. The van der Waals surface area contributed by atoms with Gasteiger partial charge < -0.3 is 26.2 Å². The highest BCUT2D eigenvalue weighted by Crippen LogP contribution is 2.25.